The quantitative estimate of drug-likeness (QED) is 0.276. The van der Waals surface area contributed by atoms with Gasteiger partial charge in [0.15, 0.2) is 5.16 Å². The first-order valence-corrected chi connectivity index (χ1v) is 11.6. The van der Waals surface area contributed by atoms with Gasteiger partial charge >= 0.3 is 0 Å². The Kier molecular flexibility index (Phi) is 7.35. The van der Waals surface area contributed by atoms with Crippen LogP contribution in [-0.2, 0) is 11.3 Å². The van der Waals surface area contributed by atoms with Crippen molar-refractivity contribution in [3.63, 3.8) is 0 Å². The number of benzene rings is 3. The zero-order chi connectivity index (χ0) is 23.9. The van der Waals surface area contributed by atoms with Gasteiger partial charge in [0.1, 0.15) is 5.82 Å². The van der Waals surface area contributed by atoms with Gasteiger partial charge in [-0.3, -0.25) is 14.2 Å². The topological polar surface area (TPSA) is 79.0 Å². The van der Waals surface area contributed by atoms with Gasteiger partial charge in [-0.2, -0.15) is 5.26 Å². The Labute approximate surface area is 200 Å². The van der Waals surface area contributed by atoms with Crippen molar-refractivity contribution in [2.45, 2.75) is 18.1 Å². The molecule has 0 bridgehead atoms. The third-order valence-electron chi connectivity index (χ3n) is 5.22. The fourth-order valence-corrected chi connectivity index (χ4v) is 4.42. The highest BCUT2D eigenvalue weighted by Crippen LogP contribution is 2.22. The molecule has 0 aliphatic rings. The minimum Gasteiger partial charge on any atom is -0.311 e. The number of anilines is 1. The van der Waals surface area contributed by atoms with Gasteiger partial charge < -0.3 is 4.90 Å². The summed E-state index contributed by atoms with van der Waals surface area (Å²) in [7, 11) is 0. The van der Waals surface area contributed by atoms with Crippen molar-refractivity contribution in [2.24, 2.45) is 0 Å². The molecule has 1 amide bonds. The maximum absolute atomic E-state index is 13.4. The molecule has 3 aromatic carbocycles. The van der Waals surface area contributed by atoms with Crippen molar-refractivity contribution >= 4 is 34.3 Å². The van der Waals surface area contributed by atoms with Crippen molar-refractivity contribution in [3.8, 4) is 6.07 Å². The number of aromatic nitrogens is 2. The second-order valence-electron chi connectivity index (χ2n) is 7.51. The van der Waals surface area contributed by atoms with E-state index in [9.17, 15) is 14.0 Å². The lowest BCUT2D eigenvalue weighted by molar-refractivity contribution is -0.116. The fraction of sp³-hybridized carbons (Fsp3) is 0.154. The van der Waals surface area contributed by atoms with Gasteiger partial charge in [0.25, 0.3) is 5.56 Å². The van der Waals surface area contributed by atoms with E-state index in [1.807, 2.05) is 30.3 Å². The smallest absolute Gasteiger partial charge is 0.262 e. The third kappa shape index (κ3) is 5.33. The molecule has 6 nitrogen and oxygen atoms in total. The number of carbonyl (C=O) groups excluding carboxylic acids is 1. The molecule has 0 aliphatic carbocycles. The molecule has 0 atom stereocenters. The zero-order valence-corrected chi connectivity index (χ0v) is 19.0. The van der Waals surface area contributed by atoms with E-state index in [2.05, 4.69) is 11.1 Å². The van der Waals surface area contributed by atoms with Gasteiger partial charge in [0.2, 0.25) is 5.91 Å². The maximum atomic E-state index is 13.4. The molecule has 4 rings (SSSR count). The summed E-state index contributed by atoms with van der Waals surface area (Å²) >= 11 is 1.17. The molecule has 1 heterocycles. The Bertz CT molecular complexity index is 1400. The highest BCUT2D eigenvalue weighted by atomic mass is 32.2. The lowest BCUT2D eigenvalue weighted by atomic mass is 10.2. The molecule has 0 fully saturated rings. The summed E-state index contributed by atoms with van der Waals surface area (Å²) in [5.74, 6) is -0.511. The van der Waals surface area contributed by atoms with Crippen LogP contribution in [0.3, 0.4) is 0 Å². The molecule has 0 saturated carbocycles. The summed E-state index contributed by atoms with van der Waals surface area (Å²) in [5, 5.41) is 9.88. The monoisotopic (exact) mass is 472 g/mol. The first kappa shape index (κ1) is 23.2. The van der Waals surface area contributed by atoms with E-state index in [1.165, 1.54) is 28.5 Å². The zero-order valence-electron chi connectivity index (χ0n) is 18.2. The van der Waals surface area contributed by atoms with Gasteiger partial charge in [-0.1, -0.05) is 54.2 Å². The van der Waals surface area contributed by atoms with E-state index in [1.54, 1.807) is 41.3 Å². The number of halogens is 1. The van der Waals surface area contributed by atoms with Crippen LogP contribution in [-0.4, -0.2) is 27.8 Å². The number of hydrogen-bond donors (Lipinski definition) is 0. The molecule has 0 N–H and O–H groups in total. The summed E-state index contributed by atoms with van der Waals surface area (Å²) in [6.07, 6.45) is 0.203. The van der Waals surface area contributed by atoms with Crippen LogP contribution >= 0.6 is 11.8 Å². The largest absolute Gasteiger partial charge is 0.311 e. The number of hydrogen-bond acceptors (Lipinski definition) is 5. The lowest BCUT2D eigenvalue weighted by Gasteiger charge is -2.22. The number of amides is 1. The highest BCUT2D eigenvalue weighted by Gasteiger charge is 2.18. The Morgan fingerprint density at radius 3 is 2.47 bits per heavy atom. The summed E-state index contributed by atoms with van der Waals surface area (Å²) in [6, 6.07) is 24.2. The van der Waals surface area contributed by atoms with Gasteiger partial charge in [-0.25, -0.2) is 9.37 Å². The Morgan fingerprint density at radius 1 is 1.03 bits per heavy atom. The van der Waals surface area contributed by atoms with Crippen LogP contribution in [0.25, 0.3) is 10.9 Å². The van der Waals surface area contributed by atoms with Gasteiger partial charge in [-0.05, 0) is 42.0 Å². The number of nitriles is 1. The molecule has 170 valence electrons. The summed E-state index contributed by atoms with van der Waals surface area (Å²) in [6.45, 7) is 0.470. The normalized spacial score (nSPS) is 10.7. The summed E-state index contributed by atoms with van der Waals surface area (Å²) in [4.78, 5) is 32.6. The van der Waals surface area contributed by atoms with Gasteiger partial charge in [0.05, 0.1) is 35.7 Å². The van der Waals surface area contributed by atoms with E-state index in [0.29, 0.717) is 21.7 Å². The molecule has 0 saturated heterocycles. The number of rotatable bonds is 8. The average Bonchev–Trinajstić information content (AvgIpc) is 2.87. The standard InChI is InChI=1S/C26H21FN4O2S/c27-20-13-11-19(12-14-20)17-31-25(33)22-9-4-5-10-23(22)29-26(31)34-18-24(32)30(16-6-15-28)21-7-2-1-3-8-21/h1-5,7-14H,6,16-18H2. The lowest BCUT2D eigenvalue weighted by Crippen LogP contribution is -2.33. The SMILES string of the molecule is N#CCCN(C(=O)CSc1nc2ccccc2c(=O)n1Cc1ccc(F)cc1)c1ccccc1. The van der Waals surface area contributed by atoms with Crippen LogP contribution in [0.4, 0.5) is 10.1 Å². The Balaban J connectivity index is 1.64. The molecule has 8 heteroatoms. The number of thioether (sulfide) groups is 1. The van der Waals surface area contributed by atoms with E-state index >= 15 is 0 Å². The minimum absolute atomic E-state index is 0.0362. The second-order valence-corrected chi connectivity index (χ2v) is 8.45. The van der Waals surface area contributed by atoms with Crippen LogP contribution in [0.5, 0.6) is 0 Å². The summed E-state index contributed by atoms with van der Waals surface area (Å²) in [5.41, 5.74) is 1.77. The van der Waals surface area contributed by atoms with Crippen molar-refractivity contribution in [1.82, 2.24) is 9.55 Å². The Morgan fingerprint density at radius 2 is 1.74 bits per heavy atom. The van der Waals surface area contributed by atoms with Crippen LogP contribution in [0, 0.1) is 17.1 Å². The molecule has 0 unspecified atom stereocenters. The Hall–Kier alpha value is -3.96. The first-order valence-electron chi connectivity index (χ1n) is 10.7. The number of fused-ring (bicyclic) bond motifs is 1. The molecular weight excluding hydrogens is 451 g/mol. The van der Waals surface area contributed by atoms with E-state index in [-0.39, 0.29) is 42.5 Å². The summed E-state index contributed by atoms with van der Waals surface area (Å²) < 4.78 is 14.9. The molecule has 0 spiro atoms. The van der Waals surface area contributed by atoms with E-state index < -0.39 is 0 Å². The highest BCUT2D eigenvalue weighted by molar-refractivity contribution is 7.99. The van der Waals surface area contributed by atoms with Crippen LogP contribution in [0.2, 0.25) is 0 Å². The van der Waals surface area contributed by atoms with Crippen molar-refractivity contribution < 1.29 is 9.18 Å². The van der Waals surface area contributed by atoms with Crippen molar-refractivity contribution in [1.29, 1.82) is 5.26 Å². The molecule has 4 aromatic rings. The maximum Gasteiger partial charge on any atom is 0.262 e. The van der Waals surface area contributed by atoms with E-state index in [4.69, 9.17) is 5.26 Å². The van der Waals surface area contributed by atoms with E-state index in [0.717, 1.165) is 5.56 Å². The molecule has 0 radical (unpaired) electrons. The van der Waals surface area contributed by atoms with Crippen LogP contribution in [0.15, 0.2) is 88.8 Å². The number of nitrogens with zero attached hydrogens (tertiary/aromatic N) is 4. The molecule has 0 aliphatic heterocycles. The van der Waals surface area contributed by atoms with Crippen LogP contribution < -0.4 is 10.5 Å². The fourth-order valence-electron chi connectivity index (χ4n) is 3.54. The second kappa shape index (κ2) is 10.8. The minimum atomic E-state index is -0.355. The first-order chi connectivity index (χ1) is 16.6. The number of para-hydroxylation sites is 2. The molecular formula is C26H21FN4O2S. The van der Waals surface area contributed by atoms with Crippen molar-refractivity contribution in [2.75, 3.05) is 17.2 Å². The van der Waals surface area contributed by atoms with Gasteiger partial charge in [0, 0.05) is 12.2 Å². The average molecular weight is 473 g/mol. The van der Waals surface area contributed by atoms with Crippen LogP contribution in [0.1, 0.15) is 12.0 Å². The third-order valence-corrected chi connectivity index (χ3v) is 6.18. The molecule has 1 aromatic heterocycles. The van der Waals surface area contributed by atoms with Crippen molar-refractivity contribution in [3.05, 3.63) is 101 Å². The predicted molar refractivity (Wildman–Crippen MR) is 131 cm³/mol. The van der Waals surface area contributed by atoms with Gasteiger partial charge in [-0.15, -0.1) is 0 Å². The predicted octanol–water partition coefficient (Wildman–Crippen LogP) is 4.62. The molecule has 34 heavy (non-hydrogen) atoms. The number of carbonyl (C=O) groups is 1.